The average Bonchev–Trinajstić information content (AvgIpc) is 2.95. The molecule has 1 heterocycles. The molecule has 1 aromatic heterocycles. The van der Waals surface area contributed by atoms with Crippen LogP contribution < -0.4 is 5.73 Å². The van der Waals surface area contributed by atoms with Crippen LogP contribution in [0.5, 0.6) is 0 Å². The smallest absolute Gasteiger partial charge is 0.0270 e. The van der Waals surface area contributed by atoms with Crippen LogP contribution in [0.2, 0.25) is 0 Å². The predicted octanol–water partition coefficient (Wildman–Crippen LogP) is 2.17. The van der Waals surface area contributed by atoms with Crippen LogP contribution in [-0.2, 0) is 0 Å². The molecule has 0 bridgehead atoms. The van der Waals surface area contributed by atoms with Gasteiger partial charge in [0.1, 0.15) is 0 Å². The van der Waals surface area contributed by atoms with Crippen molar-refractivity contribution in [1.82, 2.24) is 4.98 Å². The monoisotopic (exact) mass is 190 g/mol. The molecule has 2 heteroatoms. The Morgan fingerprint density at radius 1 is 1.43 bits per heavy atom. The molecule has 0 spiro atoms. The molecule has 2 nitrogen and oxygen atoms in total. The van der Waals surface area contributed by atoms with Crippen LogP contribution in [0.4, 0.5) is 0 Å². The van der Waals surface area contributed by atoms with Crippen LogP contribution in [0.1, 0.15) is 31.7 Å². The largest absolute Gasteiger partial charge is 0.327 e. The first-order valence-corrected chi connectivity index (χ1v) is 5.35. The highest BCUT2D eigenvalue weighted by molar-refractivity contribution is 5.18. The molecule has 0 saturated heterocycles. The van der Waals surface area contributed by atoms with E-state index in [2.05, 4.69) is 31.0 Å². The molecule has 2 N–H and O–H groups in total. The van der Waals surface area contributed by atoms with E-state index >= 15 is 0 Å². The standard InChI is InChI=1S/C12H18N2/c1-8-7-11(8)12(13)9(2)10-3-5-14-6-4-10/h3-6,8-9,11-12H,7,13H2,1-2H3. The van der Waals surface area contributed by atoms with Gasteiger partial charge in [0, 0.05) is 18.4 Å². The van der Waals surface area contributed by atoms with Crippen molar-refractivity contribution >= 4 is 0 Å². The Kier molecular flexibility index (Phi) is 2.55. The van der Waals surface area contributed by atoms with Gasteiger partial charge in [-0.3, -0.25) is 4.98 Å². The third-order valence-electron chi connectivity index (χ3n) is 3.48. The van der Waals surface area contributed by atoms with Crippen LogP contribution in [0.25, 0.3) is 0 Å². The molecule has 1 aliphatic carbocycles. The first-order chi connectivity index (χ1) is 6.70. The van der Waals surface area contributed by atoms with E-state index in [0.29, 0.717) is 12.0 Å². The molecule has 4 atom stereocenters. The van der Waals surface area contributed by atoms with E-state index in [1.54, 1.807) is 0 Å². The van der Waals surface area contributed by atoms with E-state index in [1.807, 2.05) is 12.4 Å². The lowest BCUT2D eigenvalue weighted by Crippen LogP contribution is -2.29. The summed E-state index contributed by atoms with van der Waals surface area (Å²) in [5.74, 6) is 2.01. The molecule has 1 saturated carbocycles. The van der Waals surface area contributed by atoms with E-state index in [4.69, 9.17) is 5.73 Å². The highest BCUT2D eigenvalue weighted by Crippen LogP contribution is 2.43. The molecule has 1 aliphatic rings. The Balaban J connectivity index is 2.05. The normalized spacial score (nSPS) is 29.6. The van der Waals surface area contributed by atoms with Gasteiger partial charge in [-0.25, -0.2) is 0 Å². The Labute approximate surface area is 85.5 Å². The van der Waals surface area contributed by atoms with Gasteiger partial charge >= 0.3 is 0 Å². The zero-order chi connectivity index (χ0) is 10.1. The Morgan fingerprint density at radius 2 is 2.00 bits per heavy atom. The lowest BCUT2D eigenvalue weighted by Gasteiger charge is -2.20. The molecular weight excluding hydrogens is 172 g/mol. The maximum atomic E-state index is 6.22. The van der Waals surface area contributed by atoms with Crippen molar-refractivity contribution in [3.63, 3.8) is 0 Å². The summed E-state index contributed by atoms with van der Waals surface area (Å²) >= 11 is 0. The molecule has 0 radical (unpaired) electrons. The van der Waals surface area contributed by atoms with Crippen molar-refractivity contribution in [3.05, 3.63) is 30.1 Å². The Hall–Kier alpha value is -0.890. The van der Waals surface area contributed by atoms with Gasteiger partial charge in [0.05, 0.1) is 0 Å². The molecule has 76 valence electrons. The van der Waals surface area contributed by atoms with Gasteiger partial charge < -0.3 is 5.73 Å². The summed E-state index contributed by atoms with van der Waals surface area (Å²) in [6.07, 6.45) is 4.99. The summed E-state index contributed by atoms with van der Waals surface area (Å²) in [7, 11) is 0. The van der Waals surface area contributed by atoms with Crippen LogP contribution in [0.15, 0.2) is 24.5 Å². The van der Waals surface area contributed by atoms with Crippen molar-refractivity contribution in [3.8, 4) is 0 Å². The number of aromatic nitrogens is 1. The molecule has 1 aromatic rings. The van der Waals surface area contributed by atoms with Crippen LogP contribution >= 0.6 is 0 Å². The number of pyridine rings is 1. The van der Waals surface area contributed by atoms with Gasteiger partial charge in [-0.2, -0.15) is 0 Å². The summed E-state index contributed by atoms with van der Waals surface area (Å²) in [5.41, 5.74) is 7.54. The molecule has 0 aliphatic heterocycles. The minimum Gasteiger partial charge on any atom is -0.327 e. The van der Waals surface area contributed by atoms with E-state index < -0.39 is 0 Å². The van der Waals surface area contributed by atoms with Crippen molar-refractivity contribution < 1.29 is 0 Å². The van der Waals surface area contributed by atoms with Crippen molar-refractivity contribution in [2.45, 2.75) is 32.2 Å². The summed E-state index contributed by atoms with van der Waals surface area (Å²) in [6, 6.07) is 4.45. The summed E-state index contributed by atoms with van der Waals surface area (Å²) in [4.78, 5) is 4.02. The predicted molar refractivity (Wildman–Crippen MR) is 57.9 cm³/mol. The second kappa shape index (κ2) is 3.70. The van der Waals surface area contributed by atoms with Crippen LogP contribution in [-0.4, -0.2) is 11.0 Å². The average molecular weight is 190 g/mol. The van der Waals surface area contributed by atoms with Crippen LogP contribution in [0.3, 0.4) is 0 Å². The van der Waals surface area contributed by atoms with Gasteiger partial charge in [-0.15, -0.1) is 0 Å². The lowest BCUT2D eigenvalue weighted by molar-refractivity contribution is 0.489. The number of nitrogens with zero attached hydrogens (tertiary/aromatic N) is 1. The summed E-state index contributed by atoms with van der Waals surface area (Å²) in [5, 5.41) is 0. The second-order valence-corrected chi connectivity index (χ2v) is 4.52. The topological polar surface area (TPSA) is 38.9 Å². The maximum absolute atomic E-state index is 6.22. The summed E-state index contributed by atoms with van der Waals surface area (Å²) < 4.78 is 0. The fraction of sp³-hybridized carbons (Fsp3) is 0.583. The number of nitrogens with two attached hydrogens (primary N) is 1. The molecule has 0 amide bonds. The van der Waals surface area contributed by atoms with E-state index in [9.17, 15) is 0 Å². The number of hydrogen-bond donors (Lipinski definition) is 1. The van der Waals surface area contributed by atoms with Gasteiger partial charge in [0.2, 0.25) is 0 Å². The molecule has 1 fully saturated rings. The Morgan fingerprint density at radius 3 is 2.50 bits per heavy atom. The first-order valence-electron chi connectivity index (χ1n) is 5.35. The highest BCUT2D eigenvalue weighted by Gasteiger charge is 2.39. The lowest BCUT2D eigenvalue weighted by atomic mass is 9.91. The minimum absolute atomic E-state index is 0.312. The van der Waals surface area contributed by atoms with E-state index in [1.165, 1.54) is 12.0 Å². The minimum atomic E-state index is 0.312. The third-order valence-corrected chi connectivity index (χ3v) is 3.48. The fourth-order valence-corrected chi connectivity index (χ4v) is 2.15. The number of hydrogen-bond acceptors (Lipinski definition) is 2. The van der Waals surface area contributed by atoms with Crippen molar-refractivity contribution in [2.75, 3.05) is 0 Å². The maximum Gasteiger partial charge on any atom is 0.0270 e. The molecule has 4 unspecified atom stereocenters. The third kappa shape index (κ3) is 1.80. The van der Waals surface area contributed by atoms with Crippen molar-refractivity contribution in [2.24, 2.45) is 17.6 Å². The highest BCUT2D eigenvalue weighted by atomic mass is 14.7. The second-order valence-electron chi connectivity index (χ2n) is 4.52. The van der Waals surface area contributed by atoms with Gasteiger partial charge in [0.15, 0.2) is 0 Å². The SMILES string of the molecule is CC1CC1C(N)C(C)c1ccncc1. The summed E-state index contributed by atoms with van der Waals surface area (Å²) in [6.45, 7) is 4.49. The molecule has 2 rings (SSSR count). The zero-order valence-electron chi connectivity index (χ0n) is 8.85. The van der Waals surface area contributed by atoms with Gasteiger partial charge in [0.25, 0.3) is 0 Å². The Bertz CT molecular complexity index is 296. The number of rotatable bonds is 3. The first kappa shape index (κ1) is 9.66. The van der Waals surface area contributed by atoms with Crippen LogP contribution in [0, 0.1) is 11.8 Å². The van der Waals surface area contributed by atoms with Gasteiger partial charge in [-0.05, 0) is 41.9 Å². The molecule has 0 aromatic carbocycles. The fourth-order valence-electron chi connectivity index (χ4n) is 2.15. The zero-order valence-corrected chi connectivity index (χ0v) is 8.85. The molecular formula is C12H18N2. The van der Waals surface area contributed by atoms with E-state index in [0.717, 1.165) is 11.8 Å². The van der Waals surface area contributed by atoms with Crippen molar-refractivity contribution in [1.29, 1.82) is 0 Å². The quantitative estimate of drug-likeness (QED) is 0.793. The van der Waals surface area contributed by atoms with E-state index in [-0.39, 0.29) is 0 Å². The van der Waals surface area contributed by atoms with Gasteiger partial charge in [-0.1, -0.05) is 13.8 Å². The molecule has 14 heavy (non-hydrogen) atoms.